The maximum atomic E-state index is 11.7. The lowest BCUT2D eigenvalue weighted by Gasteiger charge is -2.06. The SMILES string of the molecule is COc1cc(OC)cc(-c2csc(-c3cc(C)sc3C(=O)S)n2)c1. The summed E-state index contributed by atoms with van der Waals surface area (Å²) in [6.45, 7) is 1.97. The van der Waals surface area contributed by atoms with Crippen LogP contribution in [0.4, 0.5) is 0 Å². The Labute approximate surface area is 153 Å². The van der Waals surface area contributed by atoms with Crippen LogP contribution in [0.5, 0.6) is 11.5 Å². The van der Waals surface area contributed by atoms with E-state index in [-0.39, 0.29) is 5.12 Å². The van der Waals surface area contributed by atoms with Crippen LogP contribution in [0.1, 0.15) is 14.5 Å². The van der Waals surface area contributed by atoms with Crippen LogP contribution in [-0.2, 0) is 0 Å². The second-order valence-electron chi connectivity index (χ2n) is 5.04. The van der Waals surface area contributed by atoms with Gasteiger partial charge >= 0.3 is 0 Å². The molecule has 2 aromatic heterocycles. The summed E-state index contributed by atoms with van der Waals surface area (Å²) in [5.41, 5.74) is 2.55. The van der Waals surface area contributed by atoms with E-state index in [9.17, 15) is 4.79 Å². The van der Waals surface area contributed by atoms with Crippen LogP contribution in [0.2, 0.25) is 0 Å². The fourth-order valence-electron chi connectivity index (χ4n) is 2.32. The third-order valence-electron chi connectivity index (χ3n) is 3.43. The molecule has 0 spiro atoms. The van der Waals surface area contributed by atoms with Gasteiger partial charge in [-0.25, -0.2) is 4.98 Å². The van der Waals surface area contributed by atoms with Crippen LogP contribution in [0.25, 0.3) is 21.8 Å². The minimum Gasteiger partial charge on any atom is -0.497 e. The Hall–Kier alpha value is -1.83. The van der Waals surface area contributed by atoms with Gasteiger partial charge in [-0.15, -0.1) is 22.7 Å². The lowest BCUT2D eigenvalue weighted by Crippen LogP contribution is -1.89. The molecule has 0 atom stereocenters. The van der Waals surface area contributed by atoms with Gasteiger partial charge in [-0.2, -0.15) is 0 Å². The van der Waals surface area contributed by atoms with Crippen molar-refractivity contribution in [3.05, 3.63) is 39.4 Å². The summed E-state index contributed by atoms with van der Waals surface area (Å²) >= 11 is 6.90. The van der Waals surface area contributed by atoms with E-state index in [1.807, 2.05) is 36.6 Å². The van der Waals surface area contributed by atoms with Crippen molar-refractivity contribution in [3.8, 4) is 33.3 Å². The molecule has 0 fully saturated rings. The van der Waals surface area contributed by atoms with Gasteiger partial charge in [0, 0.05) is 27.5 Å². The first-order valence-electron chi connectivity index (χ1n) is 7.05. The Bertz CT molecular complexity index is 876. The van der Waals surface area contributed by atoms with Crippen molar-refractivity contribution in [3.63, 3.8) is 0 Å². The van der Waals surface area contributed by atoms with Crippen molar-refractivity contribution in [2.24, 2.45) is 0 Å². The summed E-state index contributed by atoms with van der Waals surface area (Å²) in [5.74, 6) is 1.41. The molecule has 0 N–H and O–H groups in total. The topological polar surface area (TPSA) is 48.4 Å². The van der Waals surface area contributed by atoms with E-state index in [2.05, 4.69) is 17.6 Å². The number of methoxy groups -OCH3 is 2. The molecule has 3 rings (SSSR count). The number of carbonyl (C=O) groups excluding carboxylic acids is 1. The molecule has 0 aliphatic rings. The van der Waals surface area contributed by atoms with Crippen molar-refractivity contribution in [1.29, 1.82) is 0 Å². The largest absolute Gasteiger partial charge is 0.497 e. The number of thiazole rings is 1. The Morgan fingerprint density at radius 2 is 1.79 bits per heavy atom. The molecule has 124 valence electrons. The molecule has 0 radical (unpaired) electrons. The summed E-state index contributed by atoms with van der Waals surface area (Å²) in [6, 6.07) is 7.61. The average Bonchev–Trinajstić information content (AvgIpc) is 3.20. The monoisotopic (exact) mass is 377 g/mol. The lowest BCUT2D eigenvalue weighted by molar-refractivity contribution is 0.109. The summed E-state index contributed by atoms with van der Waals surface area (Å²) in [6.07, 6.45) is 0. The van der Waals surface area contributed by atoms with Crippen LogP contribution in [0, 0.1) is 6.92 Å². The van der Waals surface area contributed by atoms with E-state index in [0.29, 0.717) is 16.4 Å². The zero-order chi connectivity index (χ0) is 17.3. The van der Waals surface area contributed by atoms with Gasteiger partial charge in [0.15, 0.2) is 0 Å². The highest BCUT2D eigenvalue weighted by molar-refractivity contribution is 7.97. The first-order valence-corrected chi connectivity index (χ1v) is 9.19. The number of aryl methyl sites for hydroxylation is 1. The van der Waals surface area contributed by atoms with Crippen molar-refractivity contribution in [2.75, 3.05) is 14.2 Å². The van der Waals surface area contributed by atoms with Gasteiger partial charge in [0.1, 0.15) is 16.5 Å². The van der Waals surface area contributed by atoms with Crippen molar-refractivity contribution >= 4 is 40.4 Å². The van der Waals surface area contributed by atoms with E-state index in [1.54, 1.807) is 14.2 Å². The van der Waals surface area contributed by atoms with Gasteiger partial charge in [-0.1, -0.05) is 12.6 Å². The number of hydrogen-bond acceptors (Lipinski definition) is 6. The summed E-state index contributed by atoms with van der Waals surface area (Å²) < 4.78 is 10.6. The van der Waals surface area contributed by atoms with E-state index in [0.717, 1.165) is 26.7 Å². The number of benzene rings is 1. The minimum atomic E-state index is -0.233. The van der Waals surface area contributed by atoms with Crippen LogP contribution in [-0.4, -0.2) is 24.3 Å². The first kappa shape index (κ1) is 17.0. The van der Waals surface area contributed by atoms with E-state index < -0.39 is 0 Å². The van der Waals surface area contributed by atoms with Crippen LogP contribution in [0.3, 0.4) is 0 Å². The summed E-state index contributed by atoms with van der Waals surface area (Å²) in [5, 5.41) is 2.53. The molecule has 0 saturated carbocycles. The number of ether oxygens (including phenoxy) is 2. The lowest BCUT2D eigenvalue weighted by atomic mass is 10.1. The number of thiol groups is 1. The highest BCUT2D eigenvalue weighted by Crippen LogP contribution is 2.37. The molecule has 0 saturated heterocycles. The van der Waals surface area contributed by atoms with E-state index >= 15 is 0 Å². The van der Waals surface area contributed by atoms with Gasteiger partial charge in [0.25, 0.3) is 0 Å². The van der Waals surface area contributed by atoms with Crippen molar-refractivity contribution < 1.29 is 14.3 Å². The minimum absolute atomic E-state index is 0.233. The normalized spacial score (nSPS) is 10.7. The molecule has 0 aliphatic heterocycles. The predicted molar refractivity (Wildman–Crippen MR) is 102 cm³/mol. The highest BCUT2D eigenvalue weighted by atomic mass is 32.1. The number of carbonyl (C=O) groups is 1. The quantitative estimate of drug-likeness (QED) is 0.640. The van der Waals surface area contributed by atoms with E-state index in [4.69, 9.17) is 9.47 Å². The molecule has 0 amide bonds. The number of nitrogens with zero attached hydrogens (tertiary/aromatic N) is 1. The highest BCUT2D eigenvalue weighted by Gasteiger charge is 2.17. The Morgan fingerprint density at radius 3 is 2.38 bits per heavy atom. The number of rotatable bonds is 5. The molecule has 1 aromatic carbocycles. The van der Waals surface area contributed by atoms with Crippen molar-refractivity contribution in [2.45, 2.75) is 6.92 Å². The summed E-state index contributed by atoms with van der Waals surface area (Å²) in [4.78, 5) is 18.1. The van der Waals surface area contributed by atoms with Crippen LogP contribution >= 0.6 is 35.3 Å². The van der Waals surface area contributed by atoms with Gasteiger partial charge in [-0.05, 0) is 25.1 Å². The van der Waals surface area contributed by atoms with Gasteiger partial charge in [-0.3, -0.25) is 4.79 Å². The third-order valence-corrected chi connectivity index (χ3v) is 5.73. The number of hydrogen-bond donors (Lipinski definition) is 1. The predicted octanol–water partition coefficient (Wildman–Crippen LogP) is 4.93. The average molecular weight is 378 g/mol. The smallest absolute Gasteiger partial charge is 0.227 e. The van der Waals surface area contributed by atoms with E-state index in [1.165, 1.54) is 22.7 Å². The van der Waals surface area contributed by atoms with Gasteiger partial charge in [0.05, 0.1) is 24.8 Å². The first-order chi connectivity index (χ1) is 11.5. The maximum absolute atomic E-state index is 11.7. The number of aromatic nitrogens is 1. The standard InChI is InChI=1S/C17H15NO3S3/c1-9-4-13(15(24-9)17(19)22)16-18-14(8-23-16)10-5-11(20-2)7-12(6-10)21-3/h4-8H,1-3H3,(H,19,22). The Kier molecular flexibility index (Phi) is 4.93. The Morgan fingerprint density at radius 1 is 1.12 bits per heavy atom. The Balaban J connectivity index is 2.04. The molecular formula is C17H15NO3S3. The number of thiophene rings is 1. The summed E-state index contributed by atoms with van der Waals surface area (Å²) in [7, 11) is 3.23. The molecule has 0 unspecified atom stereocenters. The molecule has 24 heavy (non-hydrogen) atoms. The van der Waals surface area contributed by atoms with Gasteiger partial charge < -0.3 is 9.47 Å². The van der Waals surface area contributed by atoms with Gasteiger partial charge in [0.2, 0.25) is 5.12 Å². The second kappa shape index (κ2) is 6.96. The molecular weight excluding hydrogens is 362 g/mol. The molecule has 0 aliphatic carbocycles. The third kappa shape index (κ3) is 3.33. The second-order valence-corrected chi connectivity index (χ2v) is 7.56. The zero-order valence-electron chi connectivity index (χ0n) is 13.3. The maximum Gasteiger partial charge on any atom is 0.227 e. The molecule has 0 bridgehead atoms. The fourth-order valence-corrected chi connectivity index (χ4v) is 4.34. The molecule has 2 heterocycles. The van der Waals surface area contributed by atoms with Crippen molar-refractivity contribution in [1.82, 2.24) is 4.98 Å². The van der Waals surface area contributed by atoms with Crippen LogP contribution < -0.4 is 9.47 Å². The molecule has 3 aromatic rings. The van der Waals surface area contributed by atoms with Crippen LogP contribution in [0.15, 0.2) is 29.6 Å². The molecule has 4 nitrogen and oxygen atoms in total. The molecule has 7 heteroatoms. The zero-order valence-corrected chi connectivity index (χ0v) is 15.8. The fraction of sp³-hybridized carbons (Fsp3) is 0.176.